The number of carbonyl (C=O) groups is 1. The fourth-order valence-corrected chi connectivity index (χ4v) is 3.07. The van der Waals surface area contributed by atoms with E-state index in [0.717, 1.165) is 22.2 Å². The first-order chi connectivity index (χ1) is 11.2. The van der Waals surface area contributed by atoms with E-state index in [-0.39, 0.29) is 12.5 Å². The fraction of sp³-hybridized carbons (Fsp3) is 0.133. The number of hydrogen-bond acceptors (Lipinski definition) is 7. The predicted octanol–water partition coefficient (Wildman–Crippen LogP) is 3.29. The highest BCUT2D eigenvalue weighted by Crippen LogP contribution is 2.25. The molecule has 3 aromatic rings. The number of amides is 1. The van der Waals surface area contributed by atoms with Gasteiger partial charge in [-0.25, -0.2) is 0 Å². The minimum absolute atomic E-state index is 0.0970. The van der Waals surface area contributed by atoms with Gasteiger partial charge in [0, 0.05) is 11.5 Å². The SMILES string of the molecule is COc1ccc(OCC(=O)Nc2nc(-c3cccs3)ns2)cc1. The van der Waals surface area contributed by atoms with E-state index in [2.05, 4.69) is 14.7 Å². The topological polar surface area (TPSA) is 73.3 Å². The van der Waals surface area contributed by atoms with Crippen LogP contribution in [-0.4, -0.2) is 29.0 Å². The van der Waals surface area contributed by atoms with Crippen molar-refractivity contribution in [2.45, 2.75) is 0 Å². The van der Waals surface area contributed by atoms with E-state index >= 15 is 0 Å². The molecule has 0 aliphatic heterocycles. The van der Waals surface area contributed by atoms with Crippen molar-refractivity contribution in [2.75, 3.05) is 19.0 Å². The number of hydrogen-bond donors (Lipinski definition) is 1. The Morgan fingerprint density at radius 2 is 2.00 bits per heavy atom. The summed E-state index contributed by atoms with van der Waals surface area (Å²) in [5.41, 5.74) is 0. The van der Waals surface area contributed by atoms with Crippen molar-refractivity contribution in [3.05, 3.63) is 41.8 Å². The summed E-state index contributed by atoms with van der Waals surface area (Å²) in [6, 6.07) is 10.9. The van der Waals surface area contributed by atoms with E-state index in [4.69, 9.17) is 9.47 Å². The number of ether oxygens (including phenoxy) is 2. The Balaban J connectivity index is 1.53. The molecule has 0 spiro atoms. The van der Waals surface area contributed by atoms with Crippen LogP contribution in [0, 0.1) is 0 Å². The zero-order valence-electron chi connectivity index (χ0n) is 12.2. The highest BCUT2D eigenvalue weighted by atomic mass is 32.1. The van der Waals surface area contributed by atoms with Crippen molar-refractivity contribution in [3.8, 4) is 22.2 Å². The summed E-state index contributed by atoms with van der Waals surface area (Å²) in [6.45, 7) is -0.0970. The lowest BCUT2D eigenvalue weighted by Gasteiger charge is -2.06. The Bertz CT molecular complexity index is 770. The van der Waals surface area contributed by atoms with Gasteiger partial charge in [0.25, 0.3) is 5.91 Å². The van der Waals surface area contributed by atoms with Crippen LogP contribution in [0.1, 0.15) is 0 Å². The Morgan fingerprint density at radius 3 is 2.70 bits per heavy atom. The minimum atomic E-state index is -0.283. The number of benzene rings is 1. The molecule has 0 atom stereocenters. The third-order valence-electron chi connectivity index (χ3n) is 2.84. The van der Waals surface area contributed by atoms with Crippen molar-refractivity contribution in [3.63, 3.8) is 0 Å². The molecule has 2 aromatic heterocycles. The van der Waals surface area contributed by atoms with Gasteiger partial charge in [0.05, 0.1) is 12.0 Å². The summed E-state index contributed by atoms with van der Waals surface area (Å²) in [5.74, 6) is 1.67. The fourth-order valence-electron chi connectivity index (χ4n) is 1.76. The van der Waals surface area contributed by atoms with Crippen LogP contribution in [0.3, 0.4) is 0 Å². The molecule has 2 heterocycles. The lowest BCUT2D eigenvalue weighted by atomic mass is 10.3. The molecule has 23 heavy (non-hydrogen) atoms. The van der Waals surface area contributed by atoms with Gasteiger partial charge in [0.15, 0.2) is 12.4 Å². The zero-order valence-corrected chi connectivity index (χ0v) is 13.8. The second-order valence-electron chi connectivity index (χ2n) is 4.41. The molecule has 0 unspecified atom stereocenters. The molecule has 0 aliphatic carbocycles. The van der Waals surface area contributed by atoms with E-state index in [1.54, 1.807) is 42.7 Å². The van der Waals surface area contributed by atoms with Crippen molar-refractivity contribution in [2.24, 2.45) is 0 Å². The lowest BCUT2D eigenvalue weighted by molar-refractivity contribution is -0.118. The molecule has 6 nitrogen and oxygen atoms in total. The van der Waals surface area contributed by atoms with Crippen LogP contribution in [0.15, 0.2) is 41.8 Å². The summed E-state index contributed by atoms with van der Waals surface area (Å²) in [5, 5.41) is 5.09. The molecule has 1 aromatic carbocycles. The van der Waals surface area contributed by atoms with Crippen molar-refractivity contribution >= 4 is 33.9 Å². The summed E-state index contributed by atoms with van der Waals surface area (Å²) >= 11 is 2.70. The van der Waals surface area contributed by atoms with E-state index in [1.165, 1.54) is 0 Å². The van der Waals surface area contributed by atoms with Gasteiger partial charge >= 0.3 is 0 Å². The van der Waals surface area contributed by atoms with Gasteiger partial charge < -0.3 is 9.47 Å². The van der Waals surface area contributed by atoms with E-state index in [9.17, 15) is 4.79 Å². The van der Waals surface area contributed by atoms with Crippen molar-refractivity contribution in [1.29, 1.82) is 0 Å². The second kappa shape index (κ2) is 7.21. The number of nitrogens with zero attached hydrogens (tertiary/aromatic N) is 2. The highest BCUT2D eigenvalue weighted by Gasteiger charge is 2.10. The standard InChI is InChI=1S/C15H13N3O3S2/c1-20-10-4-6-11(7-5-10)21-9-13(19)16-15-17-14(18-23-15)12-3-2-8-22-12/h2-8H,9H2,1H3,(H,16,17,18,19). The summed E-state index contributed by atoms with van der Waals surface area (Å²) in [4.78, 5) is 17.1. The molecule has 118 valence electrons. The molecule has 0 radical (unpaired) electrons. The Kier molecular flexibility index (Phi) is 4.84. The van der Waals surface area contributed by atoms with Gasteiger partial charge in [0.1, 0.15) is 11.5 Å². The van der Waals surface area contributed by atoms with Crippen LogP contribution >= 0.6 is 22.9 Å². The molecule has 0 saturated heterocycles. The molecule has 3 rings (SSSR count). The van der Waals surface area contributed by atoms with Crippen LogP contribution in [-0.2, 0) is 4.79 Å². The van der Waals surface area contributed by atoms with Crippen LogP contribution in [0.2, 0.25) is 0 Å². The normalized spacial score (nSPS) is 10.3. The molecule has 8 heteroatoms. The second-order valence-corrected chi connectivity index (χ2v) is 6.11. The van der Waals surface area contributed by atoms with E-state index in [0.29, 0.717) is 16.7 Å². The van der Waals surface area contributed by atoms with Gasteiger partial charge in [0.2, 0.25) is 5.13 Å². The number of methoxy groups -OCH3 is 1. The number of carbonyl (C=O) groups excluding carboxylic acids is 1. The van der Waals surface area contributed by atoms with Gasteiger partial charge in [-0.15, -0.1) is 11.3 Å². The first-order valence-corrected chi connectivity index (χ1v) is 8.34. The molecule has 0 bridgehead atoms. The maximum Gasteiger partial charge on any atom is 0.264 e. The number of anilines is 1. The molecule has 1 N–H and O–H groups in total. The van der Waals surface area contributed by atoms with Crippen LogP contribution < -0.4 is 14.8 Å². The lowest BCUT2D eigenvalue weighted by Crippen LogP contribution is -2.20. The average molecular weight is 347 g/mol. The summed E-state index contributed by atoms with van der Waals surface area (Å²) in [6.07, 6.45) is 0. The highest BCUT2D eigenvalue weighted by molar-refractivity contribution is 7.14. The molecular formula is C15H13N3O3S2. The molecule has 0 saturated carbocycles. The van der Waals surface area contributed by atoms with Crippen LogP contribution in [0.25, 0.3) is 10.7 Å². The van der Waals surface area contributed by atoms with Crippen molar-refractivity contribution in [1.82, 2.24) is 9.36 Å². The number of nitrogens with one attached hydrogen (secondary N) is 1. The smallest absolute Gasteiger partial charge is 0.264 e. The largest absolute Gasteiger partial charge is 0.497 e. The number of aromatic nitrogens is 2. The molecule has 0 aliphatic rings. The summed E-state index contributed by atoms with van der Waals surface area (Å²) < 4.78 is 14.7. The average Bonchev–Trinajstić information content (AvgIpc) is 3.24. The van der Waals surface area contributed by atoms with Gasteiger partial charge in [-0.1, -0.05) is 6.07 Å². The maximum absolute atomic E-state index is 11.9. The first-order valence-electron chi connectivity index (χ1n) is 6.69. The monoisotopic (exact) mass is 347 g/mol. The number of rotatable bonds is 6. The van der Waals surface area contributed by atoms with Crippen molar-refractivity contribution < 1.29 is 14.3 Å². The van der Waals surface area contributed by atoms with Gasteiger partial charge in [-0.2, -0.15) is 9.36 Å². The Labute approximate surface area is 140 Å². The van der Waals surface area contributed by atoms with Crippen LogP contribution in [0.4, 0.5) is 5.13 Å². The Morgan fingerprint density at radius 1 is 1.22 bits per heavy atom. The van der Waals surface area contributed by atoms with E-state index in [1.807, 2.05) is 17.5 Å². The third kappa shape index (κ3) is 4.05. The van der Waals surface area contributed by atoms with Gasteiger partial charge in [-0.05, 0) is 35.7 Å². The first kappa shape index (κ1) is 15.4. The van der Waals surface area contributed by atoms with E-state index < -0.39 is 0 Å². The molecule has 1 amide bonds. The van der Waals surface area contributed by atoms with Crippen LogP contribution in [0.5, 0.6) is 11.5 Å². The Hall–Kier alpha value is -2.45. The quantitative estimate of drug-likeness (QED) is 0.741. The number of thiophene rings is 1. The molecule has 0 fully saturated rings. The zero-order chi connectivity index (χ0) is 16.1. The maximum atomic E-state index is 11.9. The van der Waals surface area contributed by atoms with Gasteiger partial charge in [-0.3, -0.25) is 10.1 Å². The third-order valence-corrected chi connectivity index (χ3v) is 4.34. The molecular weight excluding hydrogens is 334 g/mol. The minimum Gasteiger partial charge on any atom is -0.497 e. The predicted molar refractivity (Wildman–Crippen MR) is 90.3 cm³/mol. The summed E-state index contributed by atoms with van der Waals surface area (Å²) in [7, 11) is 1.59.